The Labute approximate surface area is 244 Å². The van der Waals surface area contributed by atoms with Gasteiger partial charge in [-0.3, -0.25) is 19.9 Å². The van der Waals surface area contributed by atoms with Crippen LogP contribution in [0.15, 0.2) is 60.7 Å². The molecular weight excluding hydrogens is 609 g/mol. The molecular formula is C29H24F9N3O3. The summed E-state index contributed by atoms with van der Waals surface area (Å²) in [6.45, 7) is 4.90. The Bertz CT molecular complexity index is 1600. The first-order valence-electron chi connectivity index (χ1n) is 12.9. The molecule has 0 spiro atoms. The molecule has 3 aromatic rings. The van der Waals surface area contributed by atoms with E-state index in [9.17, 15) is 49.1 Å². The maximum Gasteiger partial charge on any atom is 0.428 e. The number of alkyl halides is 9. The molecule has 3 N–H and O–H groups in total. The number of rotatable bonds is 6. The Balaban J connectivity index is 1.83. The fraction of sp³-hybridized carbons (Fsp3) is 0.310. The highest BCUT2D eigenvalue weighted by molar-refractivity contribution is 6.10. The van der Waals surface area contributed by atoms with Crippen LogP contribution in [0.3, 0.4) is 0 Å². The zero-order chi connectivity index (χ0) is 32.8. The van der Waals surface area contributed by atoms with Crippen LogP contribution >= 0.6 is 0 Å². The maximum absolute atomic E-state index is 14.5. The summed E-state index contributed by atoms with van der Waals surface area (Å²) in [7, 11) is 0. The number of carbonyl (C=O) groups excluding carboxylic acids is 2. The van der Waals surface area contributed by atoms with Crippen molar-refractivity contribution in [2.75, 3.05) is 0 Å². The third kappa shape index (κ3) is 6.32. The third-order valence-electron chi connectivity index (χ3n) is 6.74. The van der Waals surface area contributed by atoms with E-state index < -0.39 is 64.4 Å². The van der Waals surface area contributed by atoms with Crippen LogP contribution in [0.4, 0.5) is 39.5 Å². The molecule has 1 aliphatic rings. The van der Waals surface area contributed by atoms with E-state index >= 15 is 0 Å². The SMILES string of the molecule is CC(C)NC(=O)C(C)NC(=O)c1ccc(C2=CC(c3cc(C(F)(F)F)cc(C(F)(F)F)c3)(C(F)(F)F)ON2)c2ccccc12. The molecule has 4 rings (SSSR count). The zero-order valence-electron chi connectivity index (χ0n) is 23.1. The Hall–Kier alpha value is -4.27. The van der Waals surface area contributed by atoms with Crippen molar-refractivity contribution in [2.45, 2.75) is 57.0 Å². The molecule has 2 unspecified atom stereocenters. The van der Waals surface area contributed by atoms with Crippen LogP contribution in [0.2, 0.25) is 0 Å². The summed E-state index contributed by atoms with van der Waals surface area (Å²) in [5, 5.41) is 5.59. The Kier molecular flexibility index (Phi) is 8.41. The van der Waals surface area contributed by atoms with Gasteiger partial charge in [-0.05, 0) is 61.9 Å². The highest BCUT2D eigenvalue weighted by Crippen LogP contribution is 2.50. The lowest BCUT2D eigenvalue weighted by atomic mass is 9.88. The molecule has 3 aromatic carbocycles. The quantitative estimate of drug-likeness (QED) is 0.260. The van der Waals surface area contributed by atoms with Gasteiger partial charge in [-0.15, -0.1) is 0 Å². The Morgan fingerprint density at radius 2 is 1.36 bits per heavy atom. The smallest absolute Gasteiger partial charge is 0.352 e. The predicted molar refractivity (Wildman–Crippen MR) is 141 cm³/mol. The molecule has 0 radical (unpaired) electrons. The molecule has 1 heterocycles. The first-order valence-corrected chi connectivity index (χ1v) is 12.9. The van der Waals surface area contributed by atoms with Gasteiger partial charge in [-0.2, -0.15) is 39.5 Å². The number of hydrogen-bond acceptors (Lipinski definition) is 4. The number of hydrogen-bond donors (Lipinski definition) is 3. The lowest BCUT2D eigenvalue weighted by Gasteiger charge is -2.29. The average molecular weight is 634 g/mol. The van der Waals surface area contributed by atoms with Gasteiger partial charge < -0.3 is 10.6 Å². The summed E-state index contributed by atoms with van der Waals surface area (Å²) in [5.41, 5.74) is -7.48. The average Bonchev–Trinajstić information content (AvgIpc) is 3.38. The van der Waals surface area contributed by atoms with Crippen molar-refractivity contribution in [3.05, 3.63) is 88.5 Å². The third-order valence-corrected chi connectivity index (χ3v) is 6.74. The van der Waals surface area contributed by atoms with E-state index in [2.05, 4.69) is 10.6 Å². The molecule has 0 bridgehead atoms. The fourth-order valence-electron chi connectivity index (χ4n) is 4.63. The van der Waals surface area contributed by atoms with Gasteiger partial charge in [-0.1, -0.05) is 30.3 Å². The Morgan fingerprint density at radius 1 is 0.795 bits per heavy atom. The molecule has 15 heteroatoms. The minimum absolute atomic E-state index is 0.00287. The molecule has 0 aromatic heterocycles. The minimum atomic E-state index is -5.53. The molecule has 2 amide bonds. The first kappa shape index (κ1) is 32.6. The van der Waals surface area contributed by atoms with Crippen molar-refractivity contribution in [3.8, 4) is 0 Å². The van der Waals surface area contributed by atoms with Crippen LogP contribution in [-0.4, -0.2) is 30.1 Å². The summed E-state index contributed by atoms with van der Waals surface area (Å²) in [6, 6.07) is 6.91. The van der Waals surface area contributed by atoms with Gasteiger partial charge >= 0.3 is 18.5 Å². The highest BCUT2D eigenvalue weighted by atomic mass is 19.4. The van der Waals surface area contributed by atoms with Crippen LogP contribution in [0, 0.1) is 0 Å². The number of fused-ring (bicyclic) bond motifs is 1. The number of hydroxylamine groups is 1. The van der Waals surface area contributed by atoms with Crippen molar-refractivity contribution in [2.24, 2.45) is 0 Å². The molecule has 0 saturated heterocycles. The fourth-order valence-corrected chi connectivity index (χ4v) is 4.63. The van der Waals surface area contributed by atoms with Crippen molar-refractivity contribution in [1.29, 1.82) is 0 Å². The number of nitrogens with one attached hydrogen (secondary N) is 3. The van der Waals surface area contributed by atoms with Crippen LogP contribution in [0.25, 0.3) is 16.5 Å². The minimum Gasteiger partial charge on any atom is -0.352 e. The standard InChI is InChI=1S/C29H24F9N3O3/c1-14(2)39-24(42)15(3)40-25(43)22-9-8-21(19-6-4-5-7-20(19)22)23-13-26(44-41-23,29(36,37)38)16-10-17(27(30,31)32)12-18(11-16)28(33,34)35/h4-15,41H,1-3H3,(H,39,42)(H,40,43). The van der Waals surface area contributed by atoms with Gasteiger partial charge in [0.05, 0.1) is 16.8 Å². The van der Waals surface area contributed by atoms with E-state index in [1.54, 1.807) is 13.8 Å². The van der Waals surface area contributed by atoms with E-state index in [4.69, 9.17) is 4.84 Å². The van der Waals surface area contributed by atoms with Gasteiger partial charge in [0.25, 0.3) is 5.91 Å². The second-order valence-electron chi connectivity index (χ2n) is 10.4. The zero-order valence-corrected chi connectivity index (χ0v) is 23.1. The van der Waals surface area contributed by atoms with Gasteiger partial charge in [-0.25, -0.2) is 0 Å². The molecule has 6 nitrogen and oxygen atoms in total. The van der Waals surface area contributed by atoms with Crippen LogP contribution < -0.4 is 16.1 Å². The predicted octanol–water partition coefficient (Wildman–Crippen LogP) is 6.85. The van der Waals surface area contributed by atoms with Crippen molar-refractivity contribution in [3.63, 3.8) is 0 Å². The monoisotopic (exact) mass is 633 g/mol. The summed E-state index contributed by atoms with van der Waals surface area (Å²) in [6.07, 6.45) is -16.0. The first-order chi connectivity index (χ1) is 20.2. The normalized spacial score (nSPS) is 18.2. The summed E-state index contributed by atoms with van der Waals surface area (Å²) in [4.78, 5) is 30.1. The lowest BCUT2D eigenvalue weighted by molar-refractivity contribution is -0.269. The highest BCUT2D eigenvalue weighted by Gasteiger charge is 2.60. The Morgan fingerprint density at radius 3 is 1.89 bits per heavy atom. The van der Waals surface area contributed by atoms with Crippen molar-refractivity contribution < 1.29 is 53.9 Å². The number of carbonyl (C=O) groups is 2. The number of halogens is 9. The van der Waals surface area contributed by atoms with Gasteiger partial charge in [0, 0.05) is 22.7 Å². The summed E-state index contributed by atoms with van der Waals surface area (Å²) < 4.78 is 124. The van der Waals surface area contributed by atoms with E-state index in [-0.39, 0.29) is 46.1 Å². The number of amides is 2. The van der Waals surface area contributed by atoms with Crippen LogP contribution in [0.1, 0.15) is 53.4 Å². The summed E-state index contributed by atoms with van der Waals surface area (Å²) >= 11 is 0. The second kappa shape index (κ2) is 11.3. The molecule has 2 atom stereocenters. The summed E-state index contributed by atoms with van der Waals surface area (Å²) in [5.74, 6) is -1.14. The molecule has 236 valence electrons. The van der Waals surface area contributed by atoms with Crippen LogP contribution in [0.5, 0.6) is 0 Å². The van der Waals surface area contributed by atoms with Crippen LogP contribution in [-0.2, 0) is 27.6 Å². The van der Waals surface area contributed by atoms with Gasteiger partial charge in [0.1, 0.15) is 6.04 Å². The molecule has 0 fully saturated rings. The second-order valence-corrected chi connectivity index (χ2v) is 10.4. The van der Waals surface area contributed by atoms with E-state index in [0.29, 0.717) is 6.08 Å². The van der Waals surface area contributed by atoms with E-state index in [1.807, 2.05) is 5.48 Å². The topological polar surface area (TPSA) is 79.5 Å². The lowest BCUT2D eigenvalue weighted by Crippen LogP contribution is -2.46. The van der Waals surface area contributed by atoms with E-state index in [0.717, 1.165) is 0 Å². The molecule has 0 saturated carbocycles. The van der Waals surface area contributed by atoms with Crippen molar-refractivity contribution in [1.82, 2.24) is 16.1 Å². The van der Waals surface area contributed by atoms with Gasteiger partial charge in [0.15, 0.2) is 0 Å². The molecule has 1 aliphatic heterocycles. The number of benzene rings is 3. The van der Waals surface area contributed by atoms with E-state index in [1.165, 1.54) is 43.3 Å². The van der Waals surface area contributed by atoms with Crippen molar-refractivity contribution >= 4 is 28.3 Å². The molecule has 44 heavy (non-hydrogen) atoms. The molecule has 0 aliphatic carbocycles. The van der Waals surface area contributed by atoms with Gasteiger partial charge in [0.2, 0.25) is 11.5 Å². The largest absolute Gasteiger partial charge is 0.428 e. The maximum atomic E-state index is 14.5.